The van der Waals surface area contributed by atoms with Gasteiger partial charge in [0.1, 0.15) is 0 Å². The first kappa shape index (κ1) is 11.9. The fraction of sp³-hybridized carbons (Fsp3) is 0.500. The molecule has 3 heteroatoms. The monoisotopic (exact) mass is 229 g/mol. The number of nitrogens with zero attached hydrogens (tertiary/aromatic N) is 3. The number of benzene rings is 1. The van der Waals surface area contributed by atoms with Crippen LogP contribution >= 0.6 is 0 Å². The molecular weight excluding hydrogens is 210 g/mol. The second kappa shape index (κ2) is 5.20. The maximum Gasteiger partial charge on any atom is 0.0638 e. The van der Waals surface area contributed by atoms with Crippen molar-refractivity contribution in [2.75, 3.05) is 25.0 Å². The number of anilines is 1. The highest BCUT2D eigenvalue weighted by Gasteiger charge is 2.29. The van der Waals surface area contributed by atoms with Crippen LogP contribution in [-0.4, -0.2) is 37.1 Å². The lowest BCUT2D eigenvalue weighted by molar-refractivity contribution is 0.194. The van der Waals surface area contributed by atoms with E-state index in [1.54, 1.807) is 0 Å². The fourth-order valence-corrected chi connectivity index (χ4v) is 2.52. The van der Waals surface area contributed by atoms with Gasteiger partial charge in [-0.15, -0.1) is 0 Å². The molecule has 1 aromatic carbocycles. The molecule has 2 rings (SSSR count). The van der Waals surface area contributed by atoms with Gasteiger partial charge in [-0.2, -0.15) is 5.26 Å². The molecule has 0 N–H and O–H groups in total. The standard InChI is InChI=1S/C14H19N3/c1-12-10-16(2)14(8-9-15)11-17(12)13-6-4-3-5-7-13/h3-7,12,14H,8,10-11H2,1-2H3. The predicted octanol–water partition coefficient (Wildman–Crippen LogP) is 2.11. The zero-order valence-corrected chi connectivity index (χ0v) is 10.5. The summed E-state index contributed by atoms with van der Waals surface area (Å²) in [5.41, 5.74) is 1.26. The van der Waals surface area contributed by atoms with Crippen LogP contribution in [0, 0.1) is 11.3 Å². The van der Waals surface area contributed by atoms with Gasteiger partial charge < -0.3 is 4.90 Å². The first-order valence-corrected chi connectivity index (χ1v) is 6.11. The third-order valence-electron chi connectivity index (χ3n) is 3.53. The van der Waals surface area contributed by atoms with Crippen LogP contribution < -0.4 is 4.90 Å². The Morgan fingerprint density at radius 1 is 1.29 bits per heavy atom. The molecule has 3 nitrogen and oxygen atoms in total. The van der Waals surface area contributed by atoms with Crippen LogP contribution in [-0.2, 0) is 0 Å². The second-order valence-electron chi connectivity index (χ2n) is 4.79. The van der Waals surface area contributed by atoms with Crippen LogP contribution in [0.15, 0.2) is 30.3 Å². The van der Waals surface area contributed by atoms with Gasteiger partial charge in [0.05, 0.1) is 12.5 Å². The quantitative estimate of drug-likeness (QED) is 0.778. The summed E-state index contributed by atoms with van der Waals surface area (Å²) in [6.07, 6.45) is 0.604. The van der Waals surface area contributed by atoms with Gasteiger partial charge in [0.15, 0.2) is 0 Å². The Balaban J connectivity index is 2.15. The van der Waals surface area contributed by atoms with Gasteiger partial charge in [-0.25, -0.2) is 0 Å². The van der Waals surface area contributed by atoms with E-state index in [0.717, 1.165) is 13.1 Å². The normalized spacial score (nSPS) is 25.6. The van der Waals surface area contributed by atoms with Gasteiger partial charge in [-0.3, -0.25) is 4.90 Å². The molecule has 0 spiro atoms. The van der Waals surface area contributed by atoms with Crippen molar-refractivity contribution in [3.05, 3.63) is 30.3 Å². The van der Waals surface area contributed by atoms with Crippen molar-refractivity contribution in [3.8, 4) is 6.07 Å². The predicted molar refractivity (Wildman–Crippen MR) is 69.9 cm³/mol. The molecule has 1 fully saturated rings. The van der Waals surface area contributed by atoms with Crippen molar-refractivity contribution >= 4 is 5.69 Å². The number of piperazine rings is 1. The first-order chi connectivity index (χ1) is 8.22. The highest BCUT2D eigenvalue weighted by atomic mass is 15.3. The first-order valence-electron chi connectivity index (χ1n) is 6.11. The van der Waals surface area contributed by atoms with Gasteiger partial charge >= 0.3 is 0 Å². The van der Waals surface area contributed by atoms with Crippen LogP contribution in [0.2, 0.25) is 0 Å². The summed E-state index contributed by atoms with van der Waals surface area (Å²) in [5, 5.41) is 8.86. The average Bonchev–Trinajstić information content (AvgIpc) is 2.34. The third-order valence-corrected chi connectivity index (χ3v) is 3.53. The fourth-order valence-electron chi connectivity index (χ4n) is 2.52. The van der Waals surface area contributed by atoms with E-state index < -0.39 is 0 Å². The molecule has 90 valence electrons. The van der Waals surface area contributed by atoms with Crippen molar-refractivity contribution in [3.63, 3.8) is 0 Å². The number of likely N-dealkylation sites (N-methyl/N-ethyl adjacent to an activating group) is 1. The van der Waals surface area contributed by atoms with E-state index in [-0.39, 0.29) is 0 Å². The Hall–Kier alpha value is -1.53. The molecule has 0 bridgehead atoms. The molecule has 1 heterocycles. The maximum atomic E-state index is 8.86. The summed E-state index contributed by atoms with van der Waals surface area (Å²) in [6, 6.07) is 13.6. The summed E-state index contributed by atoms with van der Waals surface area (Å²) in [7, 11) is 2.11. The van der Waals surface area contributed by atoms with Crippen LogP contribution in [0.1, 0.15) is 13.3 Å². The lowest BCUT2D eigenvalue weighted by Gasteiger charge is -2.44. The molecule has 1 saturated heterocycles. The van der Waals surface area contributed by atoms with E-state index in [9.17, 15) is 0 Å². The topological polar surface area (TPSA) is 30.3 Å². The molecule has 1 aliphatic rings. The summed E-state index contributed by atoms with van der Waals surface area (Å²) < 4.78 is 0. The molecule has 17 heavy (non-hydrogen) atoms. The lowest BCUT2D eigenvalue weighted by Crippen LogP contribution is -2.56. The van der Waals surface area contributed by atoms with E-state index >= 15 is 0 Å². The Labute approximate surface area is 103 Å². The minimum absolute atomic E-state index is 0.344. The molecule has 0 amide bonds. The molecule has 0 aliphatic carbocycles. The summed E-state index contributed by atoms with van der Waals surface area (Å²) in [4.78, 5) is 4.70. The van der Waals surface area contributed by atoms with E-state index in [1.807, 2.05) is 6.07 Å². The number of hydrogen-bond donors (Lipinski definition) is 0. The van der Waals surface area contributed by atoms with Crippen LogP contribution in [0.4, 0.5) is 5.69 Å². The zero-order chi connectivity index (χ0) is 12.3. The Bertz CT molecular complexity index is 396. The molecule has 0 saturated carbocycles. The lowest BCUT2D eigenvalue weighted by atomic mass is 10.0. The summed E-state index contributed by atoms with van der Waals surface area (Å²) in [6.45, 7) is 4.20. The maximum absolute atomic E-state index is 8.86. The van der Waals surface area contributed by atoms with Crippen molar-refractivity contribution < 1.29 is 0 Å². The largest absolute Gasteiger partial charge is 0.366 e. The second-order valence-corrected chi connectivity index (χ2v) is 4.79. The van der Waals surface area contributed by atoms with Gasteiger partial charge in [-0.05, 0) is 26.1 Å². The highest BCUT2D eigenvalue weighted by molar-refractivity contribution is 5.47. The van der Waals surface area contributed by atoms with E-state index in [4.69, 9.17) is 5.26 Å². The summed E-state index contributed by atoms with van der Waals surface area (Å²) in [5.74, 6) is 0. The molecule has 0 aromatic heterocycles. The minimum Gasteiger partial charge on any atom is -0.366 e. The summed E-state index contributed by atoms with van der Waals surface area (Å²) >= 11 is 0. The smallest absolute Gasteiger partial charge is 0.0638 e. The molecule has 2 atom stereocenters. The Morgan fingerprint density at radius 2 is 2.00 bits per heavy atom. The van der Waals surface area contributed by atoms with Crippen molar-refractivity contribution in [1.82, 2.24) is 4.90 Å². The van der Waals surface area contributed by atoms with Crippen molar-refractivity contribution in [2.45, 2.75) is 25.4 Å². The minimum atomic E-state index is 0.344. The van der Waals surface area contributed by atoms with Crippen molar-refractivity contribution in [1.29, 1.82) is 5.26 Å². The number of para-hydroxylation sites is 1. The number of hydrogen-bond acceptors (Lipinski definition) is 3. The van der Waals surface area contributed by atoms with Crippen LogP contribution in [0.5, 0.6) is 0 Å². The zero-order valence-electron chi connectivity index (χ0n) is 10.5. The van der Waals surface area contributed by atoms with Crippen molar-refractivity contribution in [2.24, 2.45) is 0 Å². The highest BCUT2D eigenvalue weighted by Crippen LogP contribution is 2.23. The molecule has 1 aromatic rings. The van der Waals surface area contributed by atoms with Crippen LogP contribution in [0.25, 0.3) is 0 Å². The van der Waals surface area contributed by atoms with Gasteiger partial charge in [0.25, 0.3) is 0 Å². The Morgan fingerprint density at radius 3 is 2.65 bits per heavy atom. The number of rotatable bonds is 2. The third kappa shape index (κ3) is 2.59. The van der Waals surface area contributed by atoms with Gasteiger partial charge in [-0.1, -0.05) is 18.2 Å². The molecular formula is C14H19N3. The Kier molecular flexibility index (Phi) is 3.65. The van der Waals surface area contributed by atoms with E-state index in [2.05, 4.69) is 54.1 Å². The SMILES string of the molecule is CC1CN(C)C(CC#N)CN1c1ccccc1. The molecule has 2 unspecified atom stereocenters. The van der Waals surface area contributed by atoms with Gasteiger partial charge in [0, 0.05) is 30.9 Å². The molecule has 0 radical (unpaired) electrons. The number of nitriles is 1. The van der Waals surface area contributed by atoms with Crippen LogP contribution in [0.3, 0.4) is 0 Å². The van der Waals surface area contributed by atoms with Gasteiger partial charge in [0.2, 0.25) is 0 Å². The molecule has 1 aliphatic heterocycles. The van der Waals surface area contributed by atoms with E-state index in [0.29, 0.717) is 18.5 Å². The van der Waals surface area contributed by atoms with E-state index in [1.165, 1.54) is 5.69 Å². The average molecular weight is 229 g/mol.